The molecule has 0 radical (unpaired) electrons. The number of allylic oxidation sites excluding steroid dienone is 1. The molecule has 0 spiro atoms. The summed E-state index contributed by atoms with van der Waals surface area (Å²) in [6.45, 7) is 3.31. The van der Waals surface area contributed by atoms with E-state index in [9.17, 15) is 4.79 Å². The van der Waals surface area contributed by atoms with E-state index in [-0.39, 0.29) is 12.1 Å². The summed E-state index contributed by atoms with van der Waals surface area (Å²) in [7, 11) is 0. The van der Waals surface area contributed by atoms with Gasteiger partial charge in [0.25, 0.3) is 0 Å². The van der Waals surface area contributed by atoms with E-state index in [0.29, 0.717) is 6.42 Å². The maximum Gasteiger partial charge on any atom is 0.246 e. The van der Waals surface area contributed by atoms with E-state index in [0.717, 1.165) is 5.76 Å². The Bertz CT molecular complexity index is 172. The van der Waals surface area contributed by atoms with Crippen molar-refractivity contribution in [2.45, 2.75) is 26.6 Å². The lowest BCUT2D eigenvalue weighted by Gasteiger charge is -2.07. The minimum atomic E-state index is -0.377. The zero-order valence-corrected chi connectivity index (χ0v) is 6.09. The van der Waals surface area contributed by atoms with Crippen LogP contribution in [-0.4, -0.2) is 12.1 Å². The minimum absolute atomic E-state index is 0.0769. The molecule has 3 nitrogen and oxygen atoms in total. The topological polar surface area (TPSA) is 35.5 Å². The number of rotatable bonds is 2. The molecular weight excluding hydrogens is 132 g/mol. The smallest absolute Gasteiger partial charge is 0.246 e. The first-order valence-electron chi connectivity index (χ1n) is 3.17. The molecule has 0 aromatic rings. The van der Waals surface area contributed by atoms with Gasteiger partial charge in [0.1, 0.15) is 17.8 Å². The van der Waals surface area contributed by atoms with E-state index < -0.39 is 0 Å². The molecule has 0 aliphatic carbocycles. The lowest BCUT2D eigenvalue weighted by atomic mass is 10.3. The third kappa shape index (κ3) is 1.76. The van der Waals surface area contributed by atoms with Gasteiger partial charge in [-0.2, -0.15) is 0 Å². The molecule has 3 heteroatoms. The van der Waals surface area contributed by atoms with Gasteiger partial charge in [0.05, 0.1) is 6.42 Å². The summed E-state index contributed by atoms with van der Waals surface area (Å²) in [5.74, 6) is 0.805. The van der Waals surface area contributed by atoms with Crippen molar-refractivity contribution < 1.29 is 14.3 Å². The highest BCUT2D eigenvalue weighted by atomic mass is 16.7. The molecule has 0 N–H and O–H groups in total. The average Bonchev–Trinajstić information content (AvgIpc) is 2.13. The van der Waals surface area contributed by atoms with Crippen LogP contribution in [0.4, 0.5) is 0 Å². The number of carbonyl (C=O) groups is 1. The lowest BCUT2D eigenvalue weighted by molar-refractivity contribution is -0.124. The molecule has 1 atom stereocenters. The van der Waals surface area contributed by atoms with E-state index >= 15 is 0 Å². The summed E-state index contributed by atoms with van der Waals surface area (Å²) in [6, 6.07) is 0. The monoisotopic (exact) mass is 142 g/mol. The fourth-order valence-corrected chi connectivity index (χ4v) is 0.759. The number of hydrogen-bond donors (Lipinski definition) is 0. The Morgan fingerprint density at radius 2 is 2.50 bits per heavy atom. The fourth-order valence-electron chi connectivity index (χ4n) is 0.759. The number of hydrogen-bond acceptors (Lipinski definition) is 3. The predicted octanol–water partition coefficient (Wildman–Crippen LogP) is 1.20. The molecule has 0 aromatic heterocycles. The molecule has 0 saturated carbocycles. The van der Waals surface area contributed by atoms with Crippen LogP contribution in [0.25, 0.3) is 0 Å². The van der Waals surface area contributed by atoms with Crippen molar-refractivity contribution in [1.29, 1.82) is 0 Å². The molecule has 56 valence electrons. The van der Waals surface area contributed by atoms with E-state index in [4.69, 9.17) is 9.47 Å². The second-order valence-electron chi connectivity index (χ2n) is 2.32. The number of Topliss-reactive ketones (excluding diaryl/α,β-unsaturated/α-hetero) is 1. The molecule has 10 heavy (non-hydrogen) atoms. The highest BCUT2D eigenvalue weighted by Crippen LogP contribution is 2.15. The highest BCUT2D eigenvalue weighted by molar-refractivity contribution is 5.75. The summed E-state index contributed by atoms with van der Waals surface area (Å²) >= 11 is 0. The summed E-state index contributed by atoms with van der Waals surface area (Å²) in [4.78, 5) is 10.5. The van der Waals surface area contributed by atoms with Crippen molar-refractivity contribution >= 4 is 5.78 Å². The number of ether oxygens (including phenoxy) is 2. The van der Waals surface area contributed by atoms with E-state index in [1.807, 2.05) is 0 Å². The van der Waals surface area contributed by atoms with Crippen molar-refractivity contribution in [2.24, 2.45) is 0 Å². The molecule has 1 heterocycles. The van der Waals surface area contributed by atoms with Gasteiger partial charge in [-0.05, 0) is 13.8 Å². The van der Waals surface area contributed by atoms with Crippen molar-refractivity contribution in [3.05, 3.63) is 12.0 Å². The third-order valence-electron chi connectivity index (χ3n) is 1.16. The molecule has 0 bridgehead atoms. The van der Waals surface area contributed by atoms with Gasteiger partial charge < -0.3 is 9.47 Å². The van der Waals surface area contributed by atoms with Gasteiger partial charge in [0, 0.05) is 0 Å². The van der Waals surface area contributed by atoms with Gasteiger partial charge in [-0.3, -0.25) is 4.79 Å². The summed E-state index contributed by atoms with van der Waals surface area (Å²) in [6.07, 6.45) is 1.47. The third-order valence-corrected chi connectivity index (χ3v) is 1.16. The Balaban J connectivity index is 2.29. The van der Waals surface area contributed by atoms with E-state index in [2.05, 4.69) is 0 Å². The summed E-state index contributed by atoms with van der Waals surface area (Å²) in [5, 5.41) is 0. The van der Waals surface area contributed by atoms with E-state index in [1.165, 1.54) is 13.2 Å². The van der Waals surface area contributed by atoms with Crippen LogP contribution >= 0.6 is 0 Å². The van der Waals surface area contributed by atoms with Crippen molar-refractivity contribution in [2.75, 3.05) is 0 Å². The molecule has 1 aliphatic heterocycles. The molecule has 0 amide bonds. The molecule has 1 rings (SSSR count). The van der Waals surface area contributed by atoms with E-state index in [1.54, 1.807) is 6.92 Å². The van der Waals surface area contributed by atoms with Gasteiger partial charge in [-0.1, -0.05) is 0 Å². The van der Waals surface area contributed by atoms with Gasteiger partial charge in [0.2, 0.25) is 6.29 Å². The van der Waals surface area contributed by atoms with Gasteiger partial charge in [0.15, 0.2) is 0 Å². The van der Waals surface area contributed by atoms with Crippen LogP contribution in [0.3, 0.4) is 0 Å². The second kappa shape index (κ2) is 2.73. The number of ketones is 1. The van der Waals surface area contributed by atoms with Crippen LogP contribution < -0.4 is 0 Å². The van der Waals surface area contributed by atoms with Crippen LogP contribution in [0.2, 0.25) is 0 Å². The molecule has 1 aliphatic rings. The molecule has 1 unspecified atom stereocenters. The first-order valence-corrected chi connectivity index (χ1v) is 3.17. The predicted molar refractivity (Wildman–Crippen MR) is 35.0 cm³/mol. The summed E-state index contributed by atoms with van der Waals surface area (Å²) in [5.41, 5.74) is 0. The van der Waals surface area contributed by atoms with Gasteiger partial charge in [-0.15, -0.1) is 0 Å². The number of carbonyl (C=O) groups excluding carboxylic acids is 1. The molecule has 0 saturated heterocycles. The largest absolute Gasteiger partial charge is 0.459 e. The second-order valence-corrected chi connectivity index (χ2v) is 2.32. The Morgan fingerprint density at radius 1 is 1.80 bits per heavy atom. The lowest BCUT2D eigenvalue weighted by Crippen LogP contribution is -2.12. The van der Waals surface area contributed by atoms with Gasteiger partial charge >= 0.3 is 0 Å². The van der Waals surface area contributed by atoms with Crippen LogP contribution in [0.15, 0.2) is 12.0 Å². The van der Waals surface area contributed by atoms with Crippen molar-refractivity contribution in [3.63, 3.8) is 0 Å². The quantitative estimate of drug-likeness (QED) is 0.581. The zero-order valence-electron chi connectivity index (χ0n) is 6.09. The molecule has 0 fully saturated rings. The Labute approximate surface area is 59.6 Å². The summed E-state index contributed by atoms with van der Waals surface area (Å²) < 4.78 is 10.1. The zero-order chi connectivity index (χ0) is 7.56. The SMILES string of the molecule is CC(=O)CC1OC=C(C)O1. The molecular formula is C7H10O3. The van der Waals surface area contributed by atoms with Crippen molar-refractivity contribution in [1.82, 2.24) is 0 Å². The molecule has 0 aromatic carbocycles. The maximum absolute atomic E-state index is 10.5. The standard InChI is InChI=1S/C7H10O3/c1-5(8)3-7-9-4-6(2)10-7/h4,7H,3H2,1-2H3. The average molecular weight is 142 g/mol. The normalized spacial score (nSPS) is 23.0. The minimum Gasteiger partial charge on any atom is -0.459 e. The first kappa shape index (κ1) is 7.12. The van der Waals surface area contributed by atoms with Crippen LogP contribution in [0.5, 0.6) is 0 Å². The van der Waals surface area contributed by atoms with Crippen LogP contribution in [0.1, 0.15) is 20.3 Å². The van der Waals surface area contributed by atoms with Crippen LogP contribution in [-0.2, 0) is 14.3 Å². The maximum atomic E-state index is 10.5. The first-order chi connectivity index (χ1) is 4.68. The van der Waals surface area contributed by atoms with Gasteiger partial charge in [-0.25, -0.2) is 0 Å². The Kier molecular flexibility index (Phi) is 1.94. The van der Waals surface area contributed by atoms with Crippen molar-refractivity contribution in [3.8, 4) is 0 Å². The fraction of sp³-hybridized carbons (Fsp3) is 0.571. The Hall–Kier alpha value is -0.990. The highest BCUT2D eigenvalue weighted by Gasteiger charge is 2.17. The van der Waals surface area contributed by atoms with Crippen LogP contribution in [0, 0.1) is 0 Å². The Morgan fingerprint density at radius 3 is 2.90 bits per heavy atom.